The number of rotatable bonds is 1. The summed E-state index contributed by atoms with van der Waals surface area (Å²) in [6.45, 7) is 0.448. The average Bonchev–Trinajstić information content (AvgIpc) is 2.80. The Morgan fingerprint density at radius 2 is 2.10 bits per heavy atom. The highest BCUT2D eigenvalue weighted by Gasteiger charge is 2.35. The molecule has 0 saturated carbocycles. The fourth-order valence-electron chi connectivity index (χ4n) is 2.74. The van der Waals surface area contributed by atoms with E-state index in [1.54, 1.807) is 0 Å². The molecule has 0 aromatic heterocycles. The molecule has 2 aromatic carbocycles. The van der Waals surface area contributed by atoms with Crippen LogP contribution >= 0.6 is 11.6 Å². The van der Waals surface area contributed by atoms with Crippen molar-refractivity contribution in [1.82, 2.24) is 0 Å². The maximum absolute atomic E-state index is 13.2. The van der Waals surface area contributed by atoms with Gasteiger partial charge in [0.05, 0.1) is 5.56 Å². The van der Waals surface area contributed by atoms with Crippen molar-refractivity contribution >= 4 is 28.1 Å². The molecule has 0 spiro atoms. The Morgan fingerprint density at radius 3 is 2.75 bits per heavy atom. The summed E-state index contributed by atoms with van der Waals surface area (Å²) in [5.74, 6) is -0.426. The van der Waals surface area contributed by atoms with Crippen LogP contribution in [0.2, 0.25) is 0 Å². The van der Waals surface area contributed by atoms with Crippen molar-refractivity contribution in [3.05, 3.63) is 35.4 Å². The second-order valence-corrected chi connectivity index (χ2v) is 5.10. The molecule has 0 aliphatic carbocycles. The molecular formula is C14H10ClF3NO-. The van der Waals surface area contributed by atoms with Crippen LogP contribution in [0.3, 0.4) is 0 Å². The predicted molar refractivity (Wildman–Crippen MR) is 70.3 cm³/mol. The van der Waals surface area contributed by atoms with Gasteiger partial charge in [-0.25, -0.2) is 0 Å². The first-order valence-electron chi connectivity index (χ1n) is 6.07. The standard InChI is InChI=1S/C14H11ClF3NO/c15-5-7-6-19-10-4-11(20)8-2-1-3-9(14(16,17)18)13(8)12(7)10/h1-4,7,19-20H,5-6H2/p-1/t7-/m1/s1. The zero-order valence-electron chi connectivity index (χ0n) is 10.2. The van der Waals surface area contributed by atoms with E-state index >= 15 is 0 Å². The van der Waals surface area contributed by atoms with Gasteiger partial charge >= 0.3 is 6.18 Å². The molecule has 1 atom stereocenters. The predicted octanol–water partition coefficient (Wildman–Crippen LogP) is 3.68. The van der Waals surface area contributed by atoms with E-state index in [0.717, 1.165) is 6.07 Å². The summed E-state index contributed by atoms with van der Waals surface area (Å²) in [6.07, 6.45) is -4.50. The van der Waals surface area contributed by atoms with E-state index in [2.05, 4.69) is 5.32 Å². The Kier molecular flexibility index (Phi) is 2.97. The Balaban J connectivity index is 2.44. The summed E-state index contributed by atoms with van der Waals surface area (Å²) >= 11 is 5.84. The van der Waals surface area contributed by atoms with Crippen LogP contribution in [0.4, 0.5) is 18.9 Å². The third-order valence-electron chi connectivity index (χ3n) is 3.60. The van der Waals surface area contributed by atoms with Crippen molar-refractivity contribution in [3.63, 3.8) is 0 Å². The number of fused-ring (bicyclic) bond motifs is 3. The van der Waals surface area contributed by atoms with E-state index in [9.17, 15) is 18.3 Å². The van der Waals surface area contributed by atoms with Crippen molar-refractivity contribution in [2.45, 2.75) is 12.1 Å². The van der Waals surface area contributed by atoms with E-state index in [1.165, 1.54) is 18.2 Å². The van der Waals surface area contributed by atoms with Crippen molar-refractivity contribution in [3.8, 4) is 5.75 Å². The largest absolute Gasteiger partial charge is 0.872 e. The maximum Gasteiger partial charge on any atom is 0.417 e. The molecular weight excluding hydrogens is 291 g/mol. The summed E-state index contributed by atoms with van der Waals surface area (Å²) in [5, 5.41) is 15.0. The molecule has 6 heteroatoms. The van der Waals surface area contributed by atoms with Crippen LogP contribution < -0.4 is 10.4 Å². The SMILES string of the molecule is [O-]c1cc2c(c3c(C(F)(F)F)cccc13)[C@H](CCl)CN2. The lowest BCUT2D eigenvalue weighted by atomic mass is 9.92. The zero-order valence-corrected chi connectivity index (χ0v) is 11.0. The minimum Gasteiger partial charge on any atom is -0.872 e. The molecule has 20 heavy (non-hydrogen) atoms. The van der Waals surface area contributed by atoms with Crippen molar-refractivity contribution < 1.29 is 18.3 Å². The molecule has 0 saturated heterocycles. The third kappa shape index (κ3) is 1.88. The Bertz CT molecular complexity index is 684. The first-order chi connectivity index (χ1) is 9.43. The lowest BCUT2D eigenvalue weighted by Gasteiger charge is -2.20. The number of hydrogen-bond donors (Lipinski definition) is 1. The molecule has 3 rings (SSSR count). The van der Waals surface area contributed by atoms with E-state index < -0.39 is 17.5 Å². The van der Waals surface area contributed by atoms with Crippen LogP contribution in [0.5, 0.6) is 5.75 Å². The summed E-state index contributed by atoms with van der Waals surface area (Å²) in [5.41, 5.74) is 0.190. The maximum atomic E-state index is 13.2. The fourth-order valence-corrected chi connectivity index (χ4v) is 3.01. The molecule has 0 bridgehead atoms. The van der Waals surface area contributed by atoms with Gasteiger partial charge in [-0.05, 0) is 28.5 Å². The number of benzene rings is 2. The normalized spacial score (nSPS) is 18.1. The molecule has 1 heterocycles. The van der Waals surface area contributed by atoms with Crippen molar-refractivity contribution in [2.24, 2.45) is 0 Å². The number of anilines is 1. The third-order valence-corrected chi connectivity index (χ3v) is 3.98. The van der Waals surface area contributed by atoms with Crippen LogP contribution in [0.1, 0.15) is 17.0 Å². The van der Waals surface area contributed by atoms with Crippen LogP contribution in [-0.4, -0.2) is 12.4 Å². The molecule has 0 unspecified atom stereocenters. The van der Waals surface area contributed by atoms with Crippen LogP contribution in [-0.2, 0) is 6.18 Å². The van der Waals surface area contributed by atoms with Gasteiger partial charge in [-0.1, -0.05) is 17.9 Å². The average molecular weight is 301 g/mol. The Hall–Kier alpha value is -1.62. The highest BCUT2D eigenvalue weighted by molar-refractivity contribution is 6.18. The Morgan fingerprint density at radius 1 is 1.35 bits per heavy atom. The minimum atomic E-state index is -4.50. The van der Waals surface area contributed by atoms with E-state index in [-0.39, 0.29) is 22.6 Å². The van der Waals surface area contributed by atoms with Gasteiger partial charge in [0.15, 0.2) is 0 Å². The highest BCUT2D eigenvalue weighted by atomic mass is 35.5. The van der Waals surface area contributed by atoms with Gasteiger partial charge in [0.1, 0.15) is 0 Å². The summed E-state index contributed by atoms with van der Waals surface area (Å²) in [6, 6.07) is 5.05. The first-order valence-corrected chi connectivity index (χ1v) is 6.60. The fraction of sp³-hybridized carbons (Fsp3) is 0.286. The minimum absolute atomic E-state index is 0.0156. The van der Waals surface area contributed by atoms with Gasteiger partial charge in [0, 0.05) is 24.0 Å². The van der Waals surface area contributed by atoms with E-state index in [4.69, 9.17) is 11.6 Å². The van der Waals surface area contributed by atoms with E-state index in [0.29, 0.717) is 17.8 Å². The van der Waals surface area contributed by atoms with Gasteiger partial charge < -0.3 is 10.4 Å². The van der Waals surface area contributed by atoms with Crippen molar-refractivity contribution in [1.29, 1.82) is 0 Å². The summed E-state index contributed by atoms with van der Waals surface area (Å²) in [4.78, 5) is 0. The van der Waals surface area contributed by atoms with E-state index in [1.807, 2.05) is 0 Å². The molecule has 0 amide bonds. The van der Waals surface area contributed by atoms with Crippen LogP contribution in [0.15, 0.2) is 24.3 Å². The van der Waals surface area contributed by atoms with Gasteiger partial charge in [-0.2, -0.15) is 13.2 Å². The number of halogens is 4. The molecule has 1 aliphatic heterocycles. The first kappa shape index (κ1) is 13.4. The Labute approximate surface area is 118 Å². The van der Waals surface area contributed by atoms with Gasteiger partial charge in [-0.3, -0.25) is 0 Å². The van der Waals surface area contributed by atoms with Gasteiger partial charge in [-0.15, -0.1) is 11.6 Å². The second kappa shape index (κ2) is 4.45. The number of alkyl halides is 4. The topological polar surface area (TPSA) is 35.1 Å². The molecule has 2 nitrogen and oxygen atoms in total. The molecule has 106 valence electrons. The molecule has 0 fully saturated rings. The molecule has 0 radical (unpaired) electrons. The van der Waals surface area contributed by atoms with Gasteiger partial charge in [0.25, 0.3) is 0 Å². The summed E-state index contributed by atoms with van der Waals surface area (Å²) < 4.78 is 39.6. The van der Waals surface area contributed by atoms with Crippen LogP contribution in [0.25, 0.3) is 10.8 Å². The molecule has 1 aliphatic rings. The lowest BCUT2D eigenvalue weighted by molar-refractivity contribution is -0.265. The quantitative estimate of drug-likeness (QED) is 0.815. The van der Waals surface area contributed by atoms with Crippen molar-refractivity contribution in [2.75, 3.05) is 17.7 Å². The second-order valence-electron chi connectivity index (χ2n) is 4.79. The lowest BCUT2D eigenvalue weighted by Crippen LogP contribution is -2.09. The zero-order chi connectivity index (χ0) is 14.5. The monoisotopic (exact) mass is 300 g/mol. The van der Waals surface area contributed by atoms with Crippen LogP contribution in [0, 0.1) is 0 Å². The number of nitrogens with one attached hydrogen (secondary N) is 1. The smallest absolute Gasteiger partial charge is 0.417 e. The number of hydrogen-bond acceptors (Lipinski definition) is 2. The molecule has 1 N–H and O–H groups in total. The summed E-state index contributed by atoms with van der Waals surface area (Å²) in [7, 11) is 0. The highest BCUT2D eigenvalue weighted by Crippen LogP contribution is 2.46. The molecule has 2 aromatic rings. The van der Waals surface area contributed by atoms with Gasteiger partial charge in [0.2, 0.25) is 0 Å².